The molecule has 3 rings (SSSR count). The number of nitrogens with one attached hydrogen (secondary N) is 1. The lowest BCUT2D eigenvalue weighted by molar-refractivity contribution is -0.155. The Kier molecular flexibility index (Phi) is 14.3. The van der Waals surface area contributed by atoms with Crippen LogP contribution in [0.25, 0.3) is 0 Å². The number of unbranched alkanes of at least 4 members (excludes halogenated alkanes) is 8. The van der Waals surface area contributed by atoms with Crippen LogP contribution in [-0.4, -0.2) is 61.1 Å². The van der Waals surface area contributed by atoms with Crippen LogP contribution in [0.15, 0.2) is 18.2 Å². The third-order valence-corrected chi connectivity index (χ3v) is 7.63. The Bertz CT molecular complexity index is 798. The molecule has 2 aliphatic rings. The minimum absolute atomic E-state index is 0.0610. The van der Waals surface area contributed by atoms with Crippen LogP contribution in [-0.2, 0) is 9.53 Å². The number of benzene rings is 1. The first-order valence-electron chi connectivity index (χ1n) is 15.4. The number of carbonyl (C=O) groups excluding carboxylic acids is 1. The van der Waals surface area contributed by atoms with Gasteiger partial charge in [0.05, 0.1) is 6.04 Å². The van der Waals surface area contributed by atoms with E-state index in [0.29, 0.717) is 38.3 Å². The fraction of sp³-hybridized carbons (Fsp3) is 0.774. The molecule has 1 amide bonds. The van der Waals surface area contributed by atoms with E-state index in [0.717, 1.165) is 50.1 Å². The van der Waals surface area contributed by atoms with E-state index in [9.17, 15) is 9.90 Å². The molecule has 1 aromatic rings. The van der Waals surface area contributed by atoms with E-state index in [1.807, 2.05) is 18.2 Å². The monoisotopic (exact) mass is 532 g/mol. The van der Waals surface area contributed by atoms with Crippen molar-refractivity contribution in [3.8, 4) is 11.5 Å². The van der Waals surface area contributed by atoms with Gasteiger partial charge in [-0.15, -0.1) is 0 Å². The second kappa shape index (κ2) is 17.7. The highest BCUT2D eigenvalue weighted by Gasteiger charge is 2.31. The largest absolute Gasteiger partial charge is 0.486 e. The summed E-state index contributed by atoms with van der Waals surface area (Å²) in [4.78, 5) is 15.5. The van der Waals surface area contributed by atoms with E-state index in [1.165, 1.54) is 51.4 Å². The molecule has 0 spiro atoms. The van der Waals surface area contributed by atoms with E-state index in [4.69, 9.17) is 14.2 Å². The third kappa shape index (κ3) is 10.7. The van der Waals surface area contributed by atoms with Crippen molar-refractivity contribution in [2.24, 2.45) is 0 Å². The van der Waals surface area contributed by atoms with Crippen molar-refractivity contribution in [1.82, 2.24) is 10.2 Å². The van der Waals surface area contributed by atoms with Crippen molar-refractivity contribution in [1.29, 1.82) is 0 Å². The zero-order valence-corrected chi connectivity index (χ0v) is 23.9. The van der Waals surface area contributed by atoms with Crippen molar-refractivity contribution in [2.45, 2.75) is 122 Å². The lowest BCUT2D eigenvalue weighted by Gasteiger charge is -2.33. The number of rotatable bonds is 19. The highest BCUT2D eigenvalue weighted by molar-refractivity contribution is 5.76. The maximum atomic E-state index is 13.1. The van der Waals surface area contributed by atoms with Crippen LogP contribution in [0.5, 0.6) is 11.5 Å². The van der Waals surface area contributed by atoms with E-state index < -0.39 is 12.4 Å². The van der Waals surface area contributed by atoms with E-state index in [-0.39, 0.29) is 11.9 Å². The molecule has 2 heterocycles. The molecule has 2 N–H and O–H groups in total. The molecule has 7 heteroatoms. The summed E-state index contributed by atoms with van der Waals surface area (Å²) in [5.74, 6) is 1.48. The first-order valence-corrected chi connectivity index (χ1v) is 15.4. The standard InChI is InChI=1S/C31H52N2O5/c1-3-5-7-9-11-15-29(34)32-26(24-33-19-13-14-20-33)31(38-30(35)16-12-10-8-6-4-2)25-17-18-27-28(23-25)37-22-21-36-27/h17-18,23,26,30-31,35H,3-16,19-22,24H2,1-2H3,(H,32,34)/t26-,30?,31-/m1/s1. The lowest BCUT2D eigenvalue weighted by atomic mass is 9.99. The fourth-order valence-corrected chi connectivity index (χ4v) is 5.43. The van der Waals surface area contributed by atoms with Gasteiger partial charge in [0.25, 0.3) is 0 Å². The SMILES string of the molecule is CCCCCCCC(=O)N[C@H](CN1CCCC1)[C@H](OC(O)CCCCCCC)c1ccc2c(c1)OCCO2. The average molecular weight is 533 g/mol. The number of aliphatic hydroxyl groups is 1. The molecule has 1 aromatic carbocycles. The van der Waals surface area contributed by atoms with Gasteiger partial charge < -0.3 is 29.5 Å². The maximum absolute atomic E-state index is 13.1. The number of nitrogens with zero attached hydrogens (tertiary/aromatic N) is 1. The highest BCUT2D eigenvalue weighted by atomic mass is 16.6. The number of hydrogen-bond donors (Lipinski definition) is 2. The minimum atomic E-state index is -0.887. The van der Waals surface area contributed by atoms with Gasteiger partial charge >= 0.3 is 0 Å². The molecule has 0 aromatic heterocycles. The molecule has 0 aliphatic carbocycles. The maximum Gasteiger partial charge on any atom is 0.220 e. The minimum Gasteiger partial charge on any atom is -0.486 e. The van der Waals surface area contributed by atoms with Gasteiger partial charge in [-0.2, -0.15) is 0 Å². The van der Waals surface area contributed by atoms with E-state index in [2.05, 4.69) is 24.1 Å². The number of ether oxygens (including phenoxy) is 3. The summed E-state index contributed by atoms with van der Waals surface area (Å²) >= 11 is 0. The van der Waals surface area contributed by atoms with Crippen LogP contribution in [0.2, 0.25) is 0 Å². The van der Waals surface area contributed by atoms with Gasteiger partial charge in [0.2, 0.25) is 5.91 Å². The van der Waals surface area contributed by atoms with Crippen molar-refractivity contribution < 1.29 is 24.1 Å². The Labute approximate surface area is 230 Å². The zero-order chi connectivity index (χ0) is 27.0. The van der Waals surface area contributed by atoms with Crippen LogP contribution < -0.4 is 14.8 Å². The summed E-state index contributed by atoms with van der Waals surface area (Å²) in [5.41, 5.74) is 0.895. The second-order valence-electron chi connectivity index (χ2n) is 11.0. The Hall–Kier alpha value is -1.83. The number of carbonyl (C=O) groups is 1. The molecule has 3 atom stereocenters. The summed E-state index contributed by atoms with van der Waals surface area (Å²) in [6, 6.07) is 5.59. The lowest BCUT2D eigenvalue weighted by Crippen LogP contribution is -2.48. The molecule has 2 aliphatic heterocycles. The van der Waals surface area contributed by atoms with Gasteiger partial charge in [-0.1, -0.05) is 71.3 Å². The van der Waals surface area contributed by atoms with Gasteiger partial charge in [-0.25, -0.2) is 0 Å². The van der Waals surface area contributed by atoms with Gasteiger partial charge in [-0.05, 0) is 62.9 Å². The first-order chi connectivity index (χ1) is 18.6. The molecular formula is C31H52N2O5. The van der Waals surface area contributed by atoms with Gasteiger partial charge in [0.15, 0.2) is 17.8 Å². The molecule has 38 heavy (non-hydrogen) atoms. The summed E-state index contributed by atoms with van der Waals surface area (Å²) in [5, 5.41) is 14.3. The fourth-order valence-electron chi connectivity index (χ4n) is 5.43. The Balaban J connectivity index is 1.74. The number of aliphatic hydroxyl groups excluding tert-OH is 1. The van der Waals surface area contributed by atoms with Crippen LogP contribution in [0.1, 0.15) is 115 Å². The summed E-state index contributed by atoms with van der Waals surface area (Å²) < 4.78 is 18.0. The quantitative estimate of drug-likeness (QED) is 0.165. The number of fused-ring (bicyclic) bond motifs is 1. The normalized spacial score (nSPS) is 17.8. The van der Waals surface area contributed by atoms with Crippen LogP contribution in [0, 0.1) is 0 Å². The van der Waals surface area contributed by atoms with Crippen LogP contribution in [0.3, 0.4) is 0 Å². The average Bonchev–Trinajstić information content (AvgIpc) is 3.44. The molecule has 216 valence electrons. The number of hydrogen-bond acceptors (Lipinski definition) is 6. The Morgan fingerprint density at radius 1 is 0.947 bits per heavy atom. The first kappa shape index (κ1) is 30.7. The number of amides is 1. The summed E-state index contributed by atoms with van der Waals surface area (Å²) in [6.45, 7) is 8.20. The molecule has 0 bridgehead atoms. The van der Waals surface area contributed by atoms with Crippen molar-refractivity contribution in [2.75, 3.05) is 32.8 Å². The third-order valence-electron chi connectivity index (χ3n) is 7.63. The summed E-state index contributed by atoms with van der Waals surface area (Å²) in [7, 11) is 0. The molecule has 0 radical (unpaired) electrons. The molecular weight excluding hydrogens is 480 g/mol. The Morgan fingerprint density at radius 3 is 2.32 bits per heavy atom. The smallest absolute Gasteiger partial charge is 0.220 e. The van der Waals surface area contributed by atoms with Gasteiger partial charge in [0, 0.05) is 13.0 Å². The van der Waals surface area contributed by atoms with E-state index >= 15 is 0 Å². The van der Waals surface area contributed by atoms with Gasteiger partial charge in [0.1, 0.15) is 19.3 Å². The second-order valence-corrected chi connectivity index (χ2v) is 11.0. The van der Waals surface area contributed by atoms with Gasteiger partial charge in [-0.3, -0.25) is 4.79 Å². The number of likely N-dealkylation sites (tertiary alicyclic amines) is 1. The highest BCUT2D eigenvalue weighted by Crippen LogP contribution is 2.35. The van der Waals surface area contributed by atoms with Crippen LogP contribution >= 0.6 is 0 Å². The Morgan fingerprint density at radius 2 is 1.61 bits per heavy atom. The predicted molar refractivity (Wildman–Crippen MR) is 152 cm³/mol. The molecule has 1 saturated heterocycles. The van der Waals surface area contributed by atoms with Crippen molar-refractivity contribution >= 4 is 5.91 Å². The van der Waals surface area contributed by atoms with Crippen molar-refractivity contribution in [3.05, 3.63) is 23.8 Å². The summed E-state index contributed by atoms with van der Waals surface area (Å²) in [6.07, 6.45) is 13.3. The molecule has 7 nitrogen and oxygen atoms in total. The predicted octanol–water partition coefficient (Wildman–Crippen LogP) is 6.14. The zero-order valence-electron chi connectivity index (χ0n) is 23.9. The molecule has 1 fully saturated rings. The van der Waals surface area contributed by atoms with Crippen molar-refractivity contribution in [3.63, 3.8) is 0 Å². The topological polar surface area (TPSA) is 80.3 Å². The van der Waals surface area contributed by atoms with Crippen LogP contribution in [0.4, 0.5) is 0 Å². The molecule has 0 saturated carbocycles. The van der Waals surface area contributed by atoms with E-state index in [1.54, 1.807) is 0 Å². The molecule has 1 unspecified atom stereocenters.